The summed E-state index contributed by atoms with van der Waals surface area (Å²) in [7, 11) is 0. The van der Waals surface area contributed by atoms with Gasteiger partial charge in [-0.2, -0.15) is 0 Å². The summed E-state index contributed by atoms with van der Waals surface area (Å²) < 4.78 is 0. The van der Waals surface area contributed by atoms with Gasteiger partial charge in [-0.25, -0.2) is 0 Å². The minimum atomic E-state index is 0.633. The van der Waals surface area contributed by atoms with E-state index in [0.29, 0.717) is 5.92 Å². The van der Waals surface area contributed by atoms with E-state index >= 15 is 0 Å². The number of aliphatic imine (C=N–C) groups is 1. The first-order chi connectivity index (χ1) is 6.29. The first kappa shape index (κ1) is 8.49. The Balaban J connectivity index is 2.31. The number of hydrogen-bond acceptors (Lipinski definition) is 1. The summed E-state index contributed by atoms with van der Waals surface area (Å²) in [6, 6.07) is 0. The largest absolute Gasteiger partial charge is 0.265 e. The second-order valence-corrected chi connectivity index (χ2v) is 3.80. The quantitative estimate of drug-likeness (QED) is 0.533. The van der Waals surface area contributed by atoms with Gasteiger partial charge in [-0.15, -0.1) is 0 Å². The van der Waals surface area contributed by atoms with Crippen LogP contribution in [-0.2, 0) is 0 Å². The summed E-state index contributed by atoms with van der Waals surface area (Å²) in [6.45, 7) is 4.43. The van der Waals surface area contributed by atoms with E-state index in [2.05, 4.69) is 31.0 Å². The van der Waals surface area contributed by atoms with E-state index < -0.39 is 0 Å². The highest BCUT2D eigenvalue weighted by molar-refractivity contribution is 5.83. The lowest BCUT2D eigenvalue weighted by atomic mass is 9.91. The lowest BCUT2D eigenvalue weighted by molar-refractivity contribution is 0.674. The van der Waals surface area contributed by atoms with Crippen LogP contribution in [-0.4, -0.2) is 6.21 Å². The summed E-state index contributed by atoms with van der Waals surface area (Å²) in [6.07, 6.45) is 10.7. The Morgan fingerprint density at radius 2 is 2.23 bits per heavy atom. The van der Waals surface area contributed by atoms with E-state index in [1.54, 1.807) is 0 Å². The number of hydrogen-bond donors (Lipinski definition) is 0. The maximum atomic E-state index is 4.24. The lowest BCUT2D eigenvalue weighted by Gasteiger charge is -2.14. The predicted molar refractivity (Wildman–Crippen MR) is 56.8 cm³/mol. The summed E-state index contributed by atoms with van der Waals surface area (Å²) in [5.41, 5.74) is 4.34. The normalized spacial score (nSPS) is 29.4. The molecule has 1 heterocycles. The lowest BCUT2D eigenvalue weighted by Crippen LogP contribution is -2.04. The second kappa shape index (κ2) is 3.33. The van der Waals surface area contributed by atoms with Crippen LogP contribution in [0.2, 0.25) is 0 Å². The molecule has 1 aliphatic heterocycles. The van der Waals surface area contributed by atoms with Crippen molar-refractivity contribution in [2.75, 3.05) is 0 Å². The van der Waals surface area contributed by atoms with Gasteiger partial charge in [-0.1, -0.05) is 23.3 Å². The molecule has 0 aromatic heterocycles. The fourth-order valence-corrected chi connectivity index (χ4v) is 2.03. The maximum absolute atomic E-state index is 4.24. The van der Waals surface area contributed by atoms with Crippen molar-refractivity contribution >= 4 is 6.21 Å². The molecular weight excluding hydrogens is 158 g/mol. The van der Waals surface area contributed by atoms with E-state index in [-0.39, 0.29) is 0 Å². The van der Waals surface area contributed by atoms with Crippen LogP contribution in [0.4, 0.5) is 0 Å². The van der Waals surface area contributed by atoms with Gasteiger partial charge in [0.2, 0.25) is 0 Å². The summed E-state index contributed by atoms with van der Waals surface area (Å²) in [4.78, 5) is 4.24. The van der Waals surface area contributed by atoms with Crippen molar-refractivity contribution in [3.63, 3.8) is 0 Å². The molecule has 1 heteroatoms. The van der Waals surface area contributed by atoms with Crippen LogP contribution >= 0.6 is 0 Å². The van der Waals surface area contributed by atoms with Gasteiger partial charge in [-0.05, 0) is 32.3 Å². The number of allylic oxidation sites excluding steroid dienone is 5. The zero-order chi connectivity index (χ0) is 9.26. The van der Waals surface area contributed by atoms with Gasteiger partial charge in [0.1, 0.15) is 0 Å². The van der Waals surface area contributed by atoms with Crippen molar-refractivity contribution in [2.45, 2.75) is 26.7 Å². The van der Waals surface area contributed by atoms with Gasteiger partial charge in [-0.3, -0.25) is 4.99 Å². The molecule has 1 unspecified atom stereocenters. The van der Waals surface area contributed by atoms with Crippen LogP contribution < -0.4 is 0 Å². The van der Waals surface area contributed by atoms with Crippen molar-refractivity contribution < 1.29 is 0 Å². The fraction of sp³-hybridized carbons (Fsp3) is 0.417. The van der Waals surface area contributed by atoms with Gasteiger partial charge in [0, 0.05) is 18.3 Å². The van der Waals surface area contributed by atoms with Crippen molar-refractivity contribution in [1.82, 2.24) is 0 Å². The van der Waals surface area contributed by atoms with Crippen molar-refractivity contribution in [1.29, 1.82) is 0 Å². The second-order valence-electron chi connectivity index (χ2n) is 3.80. The first-order valence-electron chi connectivity index (χ1n) is 4.86. The van der Waals surface area contributed by atoms with E-state index in [4.69, 9.17) is 0 Å². The Labute approximate surface area is 79.6 Å². The molecule has 0 saturated carbocycles. The van der Waals surface area contributed by atoms with Gasteiger partial charge >= 0.3 is 0 Å². The highest BCUT2D eigenvalue weighted by atomic mass is 14.7. The average Bonchev–Trinajstić information content (AvgIpc) is 2.31. The molecule has 0 bridgehead atoms. The summed E-state index contributed by atoms with van der Waals surface area (Å²) >= 11 is 0. The Kier molecular flexibility index (Phi) is 2.17. The Hall–Kier alpha value is -1.11. The summed E-state index contributed by atoms with van der Waals surface area (Å²) in [5.74, 6) is 0.633. The molecule has 1 nitrogen and oxygen atoms in total. The van der Waals surface area contributed by atoms with Crippen LogP contribution in [0.1, 0.15) is 26.7 Å². The molecule has 0 saturated heterocycles. The molecule has 1 aliphatic carbocycles. The summed E-state index contributed by atoms with van der Waals surface area (Å²) in [5, 5.41) is 0. The van der Waals surface area contributed by atoms with Gasteiger partial charge in [0.05, 0.1) is 0 Å². The molecule has 0 aromatic rings. The highest BCUT2D eigenvalue weighted by Gasteiger charge is 2.21. The third-order valence-corrected chi connectivity index (χ3v) is 2.97. The molecule has 2 rings (SSSR count). The Morgan fingerprint density at radius 3 is 3.08 bits per heavy atom. The zero-order valence-electron chi connectivity index (χ0n) is 8.25. The minimum Gasteiger partial charge on any atom is -0.265 e. The van der Waals surface area contributed by atoms with Crippen LogP contribution in [0, 0.1) is 5.92 Å². The van der Waals surface area contributed by atoms with Crippen LogP contribution in [0.25, 0.3) is 0 Å². The van der Waals surface area contributed by atoms with E-state index in [0.717, 1.165) is 6.42 Å². The molecule has 13 heavy (non-hydrogen) atoms. The monoisotopic (exact) mass is 173 g/mol. The SMILES string of the molecule is CC1=C(C)C2CC/C=C\N=CC2=C1. The third-order valence-electron chi connectivity index (χ3n) is 2.97. The van der Waals surface area contributed by atoms with Crippen LogP contribution in [0.5, 0.6) is 0 Å². The van der Waals surface area contributed by atoms with Crippen molar-refractivity contribution in [3.8, 4) is 0 Å². The molecular formula is C12H15N. The molecule has 0 amide bonds. The standard InChI is InChI=1S/C12H15N/c1-9-7-11-8-13-6-4-3-5-12(11)10(9)2/h4,6-8,12H,3,5H2,1-2H3/b6-4-,13-8?. The molecule has 68 valence electrons. The average molecular weight is 173 g/mol. The number of fused-ring (bicyclic) bond motifs is 1. The Bertz CT molecular complexity index is 329. The third kappa shape index (κ3) is 1.51. The molecule has 0 aromatic carbocycles. The van der Waals surface area contributed by atoms with E-state index in [1.165, 1.54) is 23.1 Å². The number of rotatable bonds is 0. The molecule has 0 N–H and O–H groups in total. The van der Waals surface area contributed by atoms with E-state index in [9.17, 15) is 0 Å². The Morgan fingerprint density at radius 1 is 1.38 bits per heavy atom. The molecule has 0 spiro atoms. The van der Waals surface area contributed by atoms with Crippen LogP contribution in [0.15, 0.2) is 40.1 Å². The topological polar surface area (TPSA) is 12.4 Å². The molecule has 0 fully saturated rings. The maximum Gasteiger partial charge on any atom is 0.0305 e. The zero-order valence-corrected chi connectivity index (χ0v) is 8.25. The van der Waals surface area contributed by atoms with Gasteiger partial charge in [0.15, 0.2) is 0 Å². The van der Waals surface area contributed by atoms with Gasteiger partial charge < -0.3 is 0 Å². The first-order valence-corrected chi connectivity index (χ1v) is 4.86. The fourth-order valence-electron chi connectivity index (χ4n) is 2.03. The highest BCUT2D eigenvalue weighted by Crippen LogP contribution is 2.34. The minimum absolute atomic E-state index is 0.633. The van der Waals surface area contributed by atoms with Gasteiger partial charge in [0.25, 0.3) is 0 Å². The predicted octanol–water partition coefficient (Wildman–Crippen LogP) is 3.26. The van der Waals surface area contributed by atoms with Crippen LogP contribution in [0.3, 0.4) is 0 Å². The van der Waals surface area contributed by atoms with Crippen molar-refractivity contribution in [3.05, 3.63) is 35.1 Å². The molecule has 0 radical (unpaired) electrons. The smallest absolute Gasteiger partial charge is 0.0305 e. The van der Waals surface area contributed by atoms with Crippen molar-refractivity contribution in [2.24, 2.45) is 10.9 Å². The molecule has 1 atom stereocenters. The number of nitrogens with zero attached hydrogens (tertiary/aromatic N) is 1. The van der Waals surface area contributed by atoms with E-state index in [1.807, 2.05) is 12.4 Å². The molecule has 2 aliphatic rings.